The molecule has 0 bridgehead atoms. The summed E-state index contributed by atoms with van der Waals surface area (Å²) < 4.78 is 48.3. The summed E-state index contributed by atoms with van der Waals surface area (Å²) in [5.74, 6) is -0.738. The minimum atomic E-state index is -3.74. The molecule has 0 fully saturated rings. The number of fused-ring (bicyclic) bond motifs is 3. The maximum atomic E-state index is 13.1. The first-order valence-electron chi connectivity index (χ1n) is 9.83. The first kappa shape index (κ1) is 20.6. The summed E-state index contributed by atoms with van der Waals surface area (Å²) in [6, 6.07) is 12.5. The van der Waals surface area contributed by atoms with Crippen LogP contribution in [0.1, 0.15) is 24.1 Å². The van der Waals surface area contributed by atoms with Gasteiger partial charge < -0.3 is 9.30 Å². The molecule has 0 amide bonds. The Hall–Kier alpha value is -2.71. The summed E-state index contributed by atoms with van der Waals surface area (Å²) in [6.07, 6.45) is 2.17. The number of carbonyl (C=O) groups is 1. The molecule has 2 aromatic carbocycles. The second-order valence-electron chi connectivity index (χ2n) is 7.44. The molecule has 1 aromatic heterocycles. The molecule has 1 heterocycles. The van der Waals surface area contributed by atoms with E-state index in [9.17, 15) is 17.6 Å². The van der Waals surface area contributed by atoms with Crippen molar-refractivity contribution >= 4 is 26.9 Å². The number of nitrogens with zero attached hydrogens (tertiary/aromatic N) is 1. The van der Waals surface area contributed by atoms with Crippen molar-refractivity contribution < 1.29 is 22.3 Å². The van der Waals surface area contributed by atoms with Crippen molar-refractivity contribution in [3.8, 4) is 0 Å². The average Bonchev–Trinajstić information content (AvgIpc) is 3.05. The van der Waals surface area contributed by atoms with E-state index in [1.54, 1.807) is 0 Å². The number of rotatable bonds is 6. The van der Waals surface area contributed by atoms with E-state index in [1.807, 2.05) is 24.3 Å². The van der Waals surface area contributed by atoms with Gasteiger partial charge in [0.15, 0.2) is 0 Å². The minimum absolute atomic E-state index is 0.0511. The number of aromatic nitrogens is 1. The number of carbonyl (C=O) groups excluding carboxylic acids is 1. The van der Waals surface area contributed by atoms with Gasteiger partial charge in [-0.2, -0.15) is 0 Å². The molecule has 8 heteroatoms. The van der Waals surface area contributed by atoms with Crippen molar-refractivity contribution in [1.29, 1.82) is 0 Å². The highest BCUT2D eigenvalue weighted by atomic mass is 32.2. The maximum Gasteiger partial charge on any atom is 0.307 e. The Morgan fingerprint density at radius 2 is 1.93 bits per heavy atom. The van der Waals surface area contributed by atoms with E-state index >= 15 is 0 Å². The smallest absolute Gasteiger partial charge is 0.307 e. The number of ether oxygens (including phenoxy) is 1. The quantitative estimate of drug-likeness (QED) is 0.610. The van der Waals surface area contributed by atoms with Crippen LogP contribution in [0.3, 0.4) is 0 Å². The van der Waals surface area contributed by atoms with E-state index in [2.05, 4.69) is 9.29 Å². The van der Waals surface area contributed by atoms with Crippen molar-refractivity contribution in [2.45, 2.75) is 43.2 Å². The van der Waals surface area contributed by atoms with Crippen molar-refractivity contribution in [3.63, 3.8) is 0 Å². The molecule has 0 aliphatic heterocycles. The topological polar surface area (TPSA) is 77.4 Å². The molecule has 0 radical (unpaired) electrons. The van der Waals surface area contributed by atoms with Gasteiger partial charge in [0.25, 0.3) is 0 Å². The number of nitrogens with one attached hydrogen (secondary N) is 1. The standard InChI is InChI=1S/C22H23FN2O4S/c1-29-22(26)12-13-25-20-5-3-2-4-18(20)19-14-16(8-11-21(19)25)24-30(27,28)17-9-6-15(23)7-10-17/h2-7,9-10,16,24H,8,11-14H2,1H3/t16-/m1/s1. The van der Waals surface area contributed by atoms with Gasteiger partial charge in [-0.1, -0.05) is 18.2 Å². The van der Waals surface area contributed by atoms with Gasteiger partial charge in [0.1, 0.15) is 5.82 Å². The lowest BCUT2D eigenvalue weighted by Gasteiger charge is -2.25. The predicted molar refractivity (Wildman–Crippen MR) is 111 cm³/mol. The third-order valence-electron chi connectivity index (χ3n) is 5.59. The Bertz CT molecular complexity index is 1190. The zero-order valence-electron chi connectivity index (χ0n) is 16.6. The van der Waals surface area contributed by atoms with Gasteiger partial charge in [-0.25, -0.2) is 17.5 Å². The molecule has 0 saturated carbocycles. The van der Waals surface area contributed by atoms with E-state index in [0.29, 0.717) is 25.8 Å². The fourth-order valence-electron chi connectivity index (χ4n) is 4.16. The lowest BCUT2D eigenvalue weighted by molar-refractivity contribution is -0.140. The van der Waals surface area contributed by atoms with Gasteiger partial charge >= 0.3 is 5.97 Å². The molecular weight excluding hydrogens is 407 g/mol. The zero-order valence-corrected chi connectivity index (χ0v) is 17.4. The number of para-hydroxylation sites is 1. The average molecular weight is 431 g/mol. The molecule has 0 spiro atoms. The van der Waals surface area contributed by atoms with Crippen LogP contribution in [0.4, 0.5) is 4.39 Å². The van der Waals surface area contributed by atoms with Gasteiger partial charge in [-0.15, -0.1) is 0 Å². The van der Waals surface area contributed by atoms with E-state index < -0.39 is 15.8 Å². The van der Waals surface area contributed by atoms with Gasteiger partial charge in [0.2, 0.25) is 10.0 Å². The van der Waals surface area contributed by atoms with Crippen molar-refractivity contribution in [2.24, 2.45) is 0 Å². The molecule has 30 heavy (non-hydrogen) atoms. The van der Waals surface area contributed by atoms with Crippen molar-refractivity contribution in [2.75, 3.05) is 7.11 Å². The summed E-state index contributed by atoms with van der Waals surface area (Å²) in [4.78, 5) is 11.7. The molecule has 0 saturated heterocycles. The number of aryl methyl sites for hydroxylation is 1. The van der Waals surface area contributed by atoms with E-state index in [1.165, 1.54) is 19.2 Å². The van der Waals surface area contributed by atoms with Crippen LogP contribution in [0, 0.1) is 5.82 Å². The summed E-state index contributed by atoms with van der Waals surface area (Å²) in [7, 11) is -2.36. The molecule has 158 valence electrons. The van der Waals surface area contributed by atoms with E-state index in [4.69, 9.17) is 4.74 Å². The molecule has 1 atom stereocenters. The van der Waals surface area contributed by atoms with Crippen LogP contribution in [-0.2, 0) is 38.9 Å². The monoisotopic (exact) mass is 430 g/mol. The number of benzene rings is 2. The third-order valence-corrected chi connectivity index (χ3v) is 7.12. The van der Waals surface area contributed by atoms with Crippen LogP contribution in [0.25, 0.3) is 10.9 Å². The van der Waals surface area contributed by atoms with Crippen molar-refractivity contribution in [1.82, 2.24) is 9.29 Å². The van der Waals surface area contributed by atoms with Gasteiger partial charge in [-0.3, -0.25) is 4.79 Å². The summed E-state index contributed by atoms with van der Waals surface area (Å²) in [6.45, 7) is 0.522. The highest BCUT2D eigenvalue weighted by Gasteiger charge is 2.28. The van der Waals surface area contributed by atoms with Gasteiger partial charge in [0.05, 0.1) is 18.4 Å². The van der Waals surface area contributed by atoms with Crippen LogP contribution in [0.5, 0.6) is 0 Å². The molecule has 3 aromatic rings. The summed E-state index contributed by atoms with van der Waals surface area (Å²) in [5, 5.41) is 1.07. The number of halogens is 1. The van der Waals surface area contributed by atoms with E-state index in [0.717, 1.165) is 34.3 Å². The maximum absolute atomic E-state index is 13.1. The van der Waals surface area contributed by atoms with Crippen molar-refractivity contribution in [3.05, 3.63) is 65.6 Å². The number of methoxy groups -OCH3 is 1. The third kappa shape index (κ3) is 3.97. The Morgan fingerprint density at radius 1 is 1.20 bits per heavy atom. The first-order chi connectivity index (χ1) is 14.4. The molecule has 6 nitrogen and oxygen atoms in total. The SMILES string of the molecule is COC(=O)CCn1c2c(c3ccccc31)C[C@H](NS(=O)(=O)c1ccc(F)cc1)CC2. The fourth-order valence-corrected chi connectivity index (χ4v) is 5.43. The molecule has 1 aliphatic rings. The molecule has 1 aliphatic carbocycles. The van der Waals surface area contributed by atoms with E-state index in [-0.39, 0.29) is 23.3 Å². The second kappa shape index (κ2) is 8.20. The first-order valence-corrected chi connectivity index (χ1v) is 11.3. The van der Waals surface area contributed by atoms with Gasteiger partial charge in [0, 0.05) is 29.2 Å². The Kier molecular flexibility index (Phi) is 5.62. The Labute approximate surface area is 174 Å². The lowest BCUT2D eigenvalue weighted by atomic mass is 9.92. The number of esters is 1. The second-order valence-corrected chi connectivity index (χ2v) is 9.15. The van der Waals surface area contributed by atoms with Crippen LogP contribution in [-0.4, -0.2) is 32.1 Å². The fraction of sp³-hybridized carbons (Fsp3) is 0.318. The summed E-state index contributed by atoms with van der Waals surface area (Å²) >= 11 is 0. The molecule has 4 rings (SSSR count). The zero-order chi connectivity index (χ0) is 21.3. The molecule has 0 unspecified atom stereocenters. The lowest BCUT2D eigenvalue weighted by Crippen LogP contribution is -2.39. The normalized spacial score (nSPS) is 16.4. The summed E-state index contributed by atoms with van der Waals surface area (Å²) in [5.41, 5.74) is 3.28. The molecular formula is C22H23FN2O4S. The Balaban J connectivity index is 1.61. The predicted octanol–water partition coefficient (Wildman–Crippen LogP) is 3.18. The van der Waals surface area contributed by atoms with Crippen LogP contribution in [0.2, 0.25) is 0 Å². The molecule has 1 N–H and O–H groups in total. The minimum Gasteiger partial charge on any atom is -0.469 e. The van der Waals surface area contributed by atoms with Gasteiger partial charge in [-0.05, 0) is 55.2 Å². The Morgan fingerprint density at radius 3 is 2.67 bits per heavy atom. The highest BCUT2D eigenvalue weighted by molar-refractivity contribution is 7.89. The largest absolute Gasteiger partial charge is 0.469 e. The number of hydrogen-bond acceptors (Lipinski definition) is 4. The van der Waals surface area contributed by atoms with Crippen LogP contribution < -0.4 is 4.72 Å². The van der Waals surface area contributed by atoms with Crippen LogP contribution >= 0.6 is 0 Å². The van der Waals surface area contributed by atoms with Crippen LogP contribution in [0.15, 0.2) is 53.4 Å². The highest BCUT2D eigenvalue weighted by Crippen LogP contribution is 2.33. The number of hydrogen-bond donors (Lipinski definition) is 1. The number of sulfonamides is 1.